The fourth-order valence-electron chi connectivity index (χ4n) is 3.40. The van der Waals surface area contributed by atoms with E-state index in [-0.39, 0.29) is 17.4 Å². The Balaban J connectivity index is 1.85. The summed E-state index contributed by atoms with van der Waals surface area (Å²) in [6.07, 6.45) is 6.97. The highest BCUT2D eigenvalue weighted by molar-refractivity contribution is 5.93. The van der Waals surface area contributed by atoms with Gasteiger partial charge in [0, 0.05) is 31.9 Å². The number of nitrogens with one attached hydrogen (secondary N) is 2. The summed E-state index contributed by atoms with van der Waals surface area (Å²) in [5.74, 6) is -2.31. The Morgan fingerprint density at radius 1 is 1.04 bits per heavy atom. The van der Waals surface area contributed by atoms with Crippen LogP contribution in [0, 0.1) is 11.6 Å². The SMILES string of the molecule is CC(=O)Nc1cc(NC(=O)N2CCCCC[C@@H]2c2ccncc2)c(F)cc1F. The number of halogens is 2. The van der Waals surface area contributed by atoms with Crippen LogP contribution in [0.25, 0.3) is 0 Å². The number of pyridine rings is 1. The van der Waals surface area contributed by atoms with Crippen LogP contribution in [0.2, 0.25) is 0 Å². The quantitative estimate of drug-likeness (QED) is 0.815. The van der Waals surface area contributed by atoms with E-state index < -0.39 is 23.6 Å². The molecule has 1 atom stereocenters. The average molecular weight is 388 g/mol. The van der Waals surface area contributed by atoms with Gasteiger partial charge in [-0.1, -0.05) is 12.8 Å². The van der Waals surface area contributed by atoms with E-state index in [0.29, 0.717) is 12.6 Å². The van der Waals surface area contributed by atoms with Crippen molar-refractivity contribution in [2.75, 3.05) is 17.2 Å². The maximum Gasteiger partial charge on any atom is 0.322 e. The third-order valence-electron chi connectivity index (χ3n) is 4.71. The van der Waals surface area contributed by atoms with Crippen molar-refractivity contribution in [2.24, 2.45) is 0 Å². The van der Waals surface area contributed by atoms with Gasteiger partial charge in [-0.05, 0) is 36.6 Å². The smallest absolute Gasteiger partial charge is 0.322 e. The van der Waals surface area contributed by atoms with Gasteiger partial charge in [0.2, 0.25) is 5.91 Å². The molecule has 2 aromatic rings. The molecule has 1 fully saturated rings. The van der Waals surface area contributed by atoms with Crippen LogP contribution in [0.3, 0.4) is 0 Å². The van der Waals surface area contributed by atoms with Crippen molar-refractivity contribution in [3.8, 4) is 0 Å². The van der Waals surface area contributed by atoms with Crippen LogP contribution in [-0.2, 0) is 4.79 Å². The molecule has 3 rings (SSSR count). The molecule has 6 nitrogen and oxygen atoms in total. The number of anilines is 2. The van der Waals surface area contributed by atoms with Crippen LogP contribution in [0.1, 0.15) is 44.2 Å². The molecule has 1 aromatic carbocycles. The van der Waals surface area contributed by atoms with E-state index in [0.717, 1.165) is 37.3 Å². The number of amides is 3. The van der Waals surface area contributed by atoms with E-state index in [1.54, 1.807) is 17.3 Å². The van der Waals surface area contributed by atoms with Crippen LogP contribution in [0.4, 0.5) is 25.0 Å². The summed E-state index contributed by atoms with van der Waals surface area (Å²) in [7, 11) is 0. The predicted octanol–water partition coefficient (Wildman–Crippen LogP) is 4.47. The molecule has 0 unspecified atom stereocenters. The van der Waals surface area contributed by atoms with Crippen molar-refractivity contribution in [1.82, 2.24) is 9.88 Å². The standard InChI is InChI=1S/C20H22F2N4O2/c1-13(27)24-17-12-18(16(22)11-15(17)21)25-20(28)26-10-4-2-3-5-19(26)14-6-8-23-9-7-14/h6-9,11-12,19H,2-5,10H2,1H3,(H,24,27)(H,25,28)/t19-/m1/s1. The summed E-state index contributed by atoms with van der Waals surface area (Å²) >= 11 is 0. The van der Waals surface area contributed by atoms with Gasteiger partial charge in [-0.25, -0.2) is 13.6 Å². The third-order valence-corrected chi connectivity index (χ3v) is 4.71. The summed E-state index contributed by atoms with van der Waals surface area (Å²) in [6.45, 7) is 1.75. The Morgan fingerprint density at radius 2 is 1.71 bits per heavy atom. The second-order valence-corrected chi connectivity index (χ2v) is 6.76. The molecule has 2 N–H and O–H groups in total. The lowest BCUT2D eigenvalue weighted by Crippen LogP contribution is -2.38. The molecule has 8 heteroatoms. The van der Waals surface area contributed by atoms with Crippen molar-refractivity contribution in [3.05, 3.63) is 53.9 Å². The van der Waals surface area contributed by atoms with Gasteiger partial charge in [-0.2, -0.15) is 0 Å². The van der Waals surface area contributed by atoms with Gasteiger partial charge < -0.3 is 15.5 Å². The van der Waals surface area contributed by atoms with Crippen LogP contribution >= 0.6 is 0 Å². The minimum Gasteiger partial charge on any atom is -0.324 e. The zero-order valence-corrected chi connectivity index (χ0v) is 15.5. The molecule has 1 aromatic heterocycles. The average Bonchev–Trinajstić information content (AvgIpc) is 2.92. The molecule has 0 radical (unpaired) electrons. The van der Waals surface area contributed by atoms with E-state index in [1.165, 1.54) is 6.92 Å². The van der Waals surface area contributed by atoms with E-state index in [2.05, 4.69) is 15.6 Å². The molecule has 1 saturated heterocycles. The fourth-order valence-corrected chi connectivity index (χ4v) is 3.40. The van der Waals surface area contributed by atoms with Crippen LogP contribution < -0.4 is 10.6 Å². The van der Waals surface area contributed by atoms with Crippen molar-refractivity contribution < 1.29 is 18.4 Å². The Labute approximate surface area is 162 Å². The summed E-state index contributed by atoms with van der Waals surface area (Å²) < 4.78 is 28.0. The number of hydrogen-bond acceptors (Lipinski definition) is 3. The highest BCUT2D eigenvalue weighted by Crippen LogP contribution is 2.31. The molecule has 1 aliphatic heterocycles. The lowest BCUT2D eigenvalue weighted by Gasteiger charge is -2.30. The first kappa shape index (κ1) is 19.7. The van der Waals surface area contributed by atoms with Crippen molar-refractivity contribution >= 4 is 23.3 Å². The van der Waals surface area contributed by atoms with Gasteiger partial charge in [0.15, 0.2) is 0 Å². The molecule has 0 aliphatic carbocycles. The van der Waals surface area contributed by atoms with Gasteiger partial charge in [-0.15, -0.1) is 0 Å². The van der Waals surface area contributed by atoms with Crippen molar-refractivity contribution in [1.29, 1.82) is 0 Å². The summed E-state index contributed by atoms with van der Waals surface area (Å²) in [6, 6.07) is 4.84. The van der Waals surface area contributed by atoms with E-state index in [4.69, 9.17) is 0 Å². The van der Waals surface area contributed by atoms with Crippen LogP contribution in [0.15, 0.2) is 36.7 Å². The number of carbonyl (C=O) groups is 2. The normalized spacial score (nSPS) is 17.0. The predicted molar refractivity (Wildman–Crippen MR) is 102 cm³/mol. The Morgan fingerprint density at radius 3 is 2.39 bits per heavy atom. The zero-order chi connectivity index (χ0) is 20.1. The number of benzene rings is 1. The number of aromatic nitrogens is 1. The number of hydrogen-bond donors (Lipinski definition) is 2. The van der Waals surface area contributed by atoms with Crippen LogP contribution in [0.5, 0.6) is 0 Å². The number of likely N-dealkylation sites (tertiary alicyclic amines) is 1. The van der Waals surface area contributed by atoms with Gasteiger partial charge in [0.1, 0.15) is 11.6 Å². The van der Waals surface area contributed by atoms with Crippen molar-refractivity contribution in [2.45, 2.75) is 38.6 Å². The summed E-state index contributed by atoms with van der Waals surface area (Å²) in [5.41, 5.74) is 0.587. The Hall–Kier alpha value is -3.03. The number of carbonyl (C=O) groups excluding carboxylic acids is 2. The second kappa shape index (κ2) is 8.77. The Bertz CT molecular complexity index is 861. The largest absolute Gasteiger partial charge is 0.324 e. The summed E-state index contributed by atoms with van der Waals surface area (Å²) in [5, 5.41) is 4.81. The molecule has 3 amide bonds. The van der Waals surface area contributed by atoms with E-state index in [1.807, 2.05) is 12.1 Å². The minimum absolute atomic E-state index is 0.149. The maximum absolute atomic E-state index is 14.2. The van der Waals surface area contributed by atoms with Gasteiger partial charge in [-0.3, -0.25) is 9.78 Å². The van der Waals surface area contributed by atoms with Gasteiger partial charge in [0.25, 0.3) is 0 Å². The molecular formula is C20H22F2N4O2. The Kier molecular flexibility index (Phi) is 6.18. The first-order valence-electron chi connectivity index (χ1n) is 9.20. The lowest BCUT2D eigenvalue weighted by atomic mass is 10.0. The van der Waals surface area contributed by atoms with E-state index in [9.17, 15) is 18.4 Å². The molecule has 2 heterocycles. The topological polar surface area (TPSA) is 74.3 Å². The van der Waals surface area contributed by atoms with E-state index >= 15 is 0 Å². The lowest BCUT2D eigenvalue weighted by molar-refractivity contribution is -0.114. The number of rotatable bonds is 3. The molecule has 1 aliphatic rings. The molecule has 0 spiro atoms. The summed E-state index contributed by atoms with van der Waals surface area (Å²) in [4.78, 5) is 29.8. The molecular weight excluding hydrogens is 366 g/mol. The zero-order valence-electron chi connectivity index (χ0n) is 15.5. The second-order valence-electron chi connectivity index (χ2n) is 6.76. The monoisotopic (exact) mass is 388 g/mol. The first-order chi connectivity index (χ1) is 13.5. The maximum atomic E-state index is 14.2. The first-order valence-corrected chi connectivity index (χ1v) is 9.20. The minimum atomic E-state index is -0.907. The third kappa shape index (κ3) is 4.62. The van der Waals surface area contributed by atoms with Gasteiger partial charge in [0.05, 0.1) is 17.4 Å². The van der Waals surface area contributed by atoms with Gasteiger partial charge >= 0.3 is 6.03 Å². The van der Waals surface area contributed by atoms with Crippen LogP contribution in [-0.4, -0.2) is 28.4 Å². The highest BCUT2D eigenvalue weighted by atomic mass is 19.1. The molecule has 0 saturated carbocycles. The fraction of sp³-hybridized carbons (Fsp3) is 0.350. The highest BCUT2D eigenvalue weighted by Gasteiger charge is 2.27. The number of urea groups is 1. The molecule has 0 bridgehead atoms. The number of nitrogens with zero attached hydrogens (tertiary/aromatic N) is 2. The van der Waals surface area contributed by atoms with Crippen molar-refractivity contribution in [3.63, 3.8) is 0 Å². The molecule has 148 valence electrons. The molecule has 28 heavy (non-hydrogen) atoms.